The fourth-order valence-electron chi connectivity index (χ4n) is 2.32. The number of carboxylic acids is 1. The Morgan fingerprint density at radius 1 is 1.29 bits per heavy atom. The molecule has 0 aliphatic heterocycles. The van der Waals surface area contributed by atoms with Crippen molar-refractivity contribution in [2.24, 2.45) is 0 Å². The van der Waals surface area contributed by atoms with Crippen molar-refractivity contribution in [2.45, 2.75) is 52.5 Å². The van der Waals surface area contributed by atoms with E-state index in [2.05, 4.69) is 10.6 Å². The number of carbonyl (C=O) groups excluding carboxylic acids is 1. The third-order valence-corrected chi connectivity index (χ3v) is 3.59. The molecule has 0 aliphatic carbocycles. The maximum absolute atomic E-state index is 12.1. The highest BCUT2D eigenvalue weighted by molar-refractivity contribution is 5.94. The second-order valence-electron chi connectivity index (χ2n) is 5.43. The highest BCUT2D eigenvalue weighted by Crippen LogP contribution is 2.21. The van der Waals surface area contributed by atoms with Crippen LogP contribution in [0.1, 0.15) is 44.7 Å². The molecule has 1 aromatic carbocycles. The summed E-state index contributed by atoms with van der Waals surface area (Å²) in [4.78, 5) is 23.5. The number of benzene rings is 1. The highest BCUT2D eigenvalue weighted by atomic mass is 16.4. The Kier molecular flexibility index (Phi) is 5.76. The number of aryl methyl sites for hydroxylation is 2. The van der Waals surface area contributed by atoms with Gasteiger partial charge in [0.1, 0.15) is 5.54 Å². The molecule has 21 heavy (non-hydrogen) atoms. The minimum absolute atomic E-state index is 0.379. The van der Waals surface area contributed by atoms with E-state index in [0.717, 1.165) is 23.2 Å². The van der Waals surface area contributed by atoms with Crippen molar-refractivity contribution in [2.75, 3.05) is 5.32 Å². The van der Waals surface area contributed by atoms with E-state index in [1.807, 2.05) is 39.0 Å². The van der Waals surface area contributed by atoms with Crippen LogP contribution in [0.15, 0.2) is 18.2 Å². The number of urea groups is 1. The standard InChI is InChI=1S/C16H24N2O3/c1-5-10-16(4,14(19)20)18-15(21)17-13-11(3)8-7-9-12(13)6-2/h7-9H,5-6,10H2,1-4H3,(H,19,20)(H2,17,18,21). The predicted molar refractivity (Wildman–Crippen MR) is 83.7 cm³/mol. The molecule has 5 nitrogen and oxygen atoms in total. The number of para-hydroxylation sites is 1. The van der Waals surface area contributed by atoms with E-state index in [4.69, 9.17) is 0 Å². The molecule has 116 valence electrons. The number of rotatable bonds is 6. The molecule has 1 unspecified atom stereocenters. The first-order valence-corrected chi connectivity index (χ1v) is 7.25. The zero-order valence-corrected chi connectivity index (χ0v) is 13.1. The molecule has 5 heteroatoms. The van der Waals surface area contributed by atoms with Crippen LogP contribution in [0.5, 0.6) is 0 Å². The molecule has 1 atom stereocenters. The molecular formula is C16H24N2O3. The Morgan fingerprint density at radius 3 is 2.48 bits per heavy atom. The Bertz CT molecular complexity index is 528. The monoisotopic (exact) mass is 292 g/mol. The van der Waals surface area contributed by atoms with Crippen molar-refractivity contribution in [1.82, 2.24) is 5.32 Å². The van der Waals surface area contributed by atoms with Crippen molar-refractivity contribution < 1.29 is 14.7 Å². The Labute approximate surface area is 125 Å². The SMILES string of the molecule is CCCC(C)(NC(=O)Nc1c(C)cccc1CC)C(=O)O. The molecule has 0 aromatic heterocycles. The lowest BCUT2D eigenvalue weighted by atomic mass is 9.96. The number of amides is 2. The average Bonchev–Trinajstić information content (AvgIpc) is 2.41. The van der Waals surface area contributed by atoms with Crippen LogP contribution >= 0.6 is 0 Å². The predicted octanol–water partition coefficient (Wildman–Crippen LogP) is 3.32. The molecule has 0 radical (unpaired) electrons. The van der Waals surface area contributed by atoms with E-state index < -0.39 is 17.5 Å². The maximum Gasteiger partial charge on any atom is 0.329 e. The zero-order valence-electron chi connectivity index (χ0n) is 13.1. The zero-order chi connectivity index (χ0) is 16.0. The summed E-state index contributed by atoms with van der Waals surface area (Å²) in [6, 6.07) is 5.31. The van der Waals surface area contributed by atoms with Gasteiger partial charge < -0.3 is 15.7 Å². The van der Waals surface area contributed by atoms with Crippen LogP contribution in [0.3, 0.4) is 0 Å². The van der Waals surface area contributed by atoms with E-state index in [1.165, 1.54) is 6.92 Å². The van der Waals surface area contributed by atoms with Gasteiger partial charge in [-0.2, -0.15) is 0 Å². The number of carboxylic acid groups (broad SMARTS) is 1. The molecule has 0 bridgehead atoms. The quantitative estimate of drug-likeness (QED) is 0.752. The lowest BCUT2D eigenvalue weighted by Gasteiger charge is -2.26. The van der Waals surface area contributed by atoms with Crippen LogP contribution in [0, 0.1) is 6.92 Å². The van der Waals surface area contributed by atoms with Gasteiger partial charge in [-0.3, -0.25) is 0 Å². The largest absolute Gasteiger partial charge is 0.480 e. The Hall–Kier alpha value is -2.04. The van der Waals surface area contributed by atoms with Gasteiger partial charge in [0.25, 0.3) is 0 Å². The molecule has 0 heterocycles. The summed E-state index contributed by atoms with van der Waals surface area (Å²) in [6.07, 6.45) is 1.85. The van der Waals surface area contributed by atoms with E-state index in [9.17, 15) is 14.7 Å². The summed E-state index contributed by atoms with van der Waals surface area (Å²) in [7, 11) is 0. The summed E-state index contributed by atoms with van der Waals surface area (Å²) in [5.74, 6) is -1.03. The van der Waals surface area contributed by atoms with Crippen LogP contribution in [-0.2, 0) is 11.2 Å². The van der Waals surface area contributed by atoms with Crippen molar-refractivity contribution in [1.29, 1.82) is 0 Å². The van der Waals surface area contributed by atoms with Crippen LogP contribution in [0.2, 0.25) is 0 Å². The van der Waals surface area contributed by atoms with Gasteiger partial charge >= 0.3 is 12.0 Å². The average molecular weight is 292 g/mol. The van der Waals surface area contributed by atoms with E-state index >= 15 is 0 Å². The molecular weight excluding hydrogens is 268 g/mol. The minimum Gasteiger partial charge on any atom is -0.480 e. The number of nitrogens with one attached hydrogen (secondary N) is 2. The van der Waals surface area contributed by atoms with Crippen molar-refractivity contribution >= 4 is 17.7 Å². The van der Waals surface area contributed by atoms with Crippen molar-refractivity contribution in [3.05, 3.63) is 29.3 Å². The van der Waals surface area contributed by atoms with Crippen LogP contribution < -0.4 is 10.6 Å². The number of aliphatic carboxylic acids is 1. The van der Waals surface area contributed by atoms with Crippen LogP contribution in [-0.4, -0.2) is 22.6 Å². The lowest BCUT2D eigenvalue weighted by Crippen LogP contribution is -2.53. The summed E-state index contributed by atoms with van der Waals surface area (Å²) in [5.41, 5.74) is 1.48. The molecule has 1 aromatic rings. The van der Waals surface area contributed by atoms with Gasteiger partial charge in [0, 0.05) is 5.69 Å². The van der Waals surface area contributed by atoms with Gasteiger partial charge in [-0.25, -0.2) is 9.59 Å². The first-order valence-electron chi connectivity index (χ1n) is 7.25. The van der Waals surface area contributed by atoms with Crippen LogP contribution in [0.4, 0.5) is 10.5 Å². The number of carbonyl (C=O) groups is 2. The minimum atomic E-state index is -1.26. The fourth-order valence-corrected chi connectivity index (χ4v) is 2.32. The van der Waals surface area contributed by atoms with Gasteiger partial charge in [0.2, 0.25) is 0 Å². The maximum atomic E-state index is 12.1. The third kappa shape index (κ3) is 4.21. The molecule has 0 fully saturated rings. The van der Waals surface area contributed by atoms with Crippen LogP contribution in [0.25, 0.3) is 0 Å². The molecule has 0 aliphatic rings. The second kappa shape index (κ2) is 7.11. The van der Waals surface area contributed by atoms with E-state index in [0.29, 0.717) is 12.8 Å². The Morgan fingerprint density at radius 2 is 1.95 bits per heavy atom. The van der Waals surface area contributed by atoms with E-state index in [-0.39, 0.29) is 0 Å². The molecule has 3 N–H and O–H groups in total. The van der Waals surface area contributed by atoms with E-state index in [1.54, 1.807) is 0 Å². The first-order chi connectivity index (χ1) is 9.84. The lowest BCUT2D eigenvalue weighted by molar-refractivity contribution is -0.143. The third-order valence-electron chi connectivity index (χ3n) is 3.59. The highest BCUT2D eigenvalue weighted by Gasteiger charge is 2.33. The van der Waals surface area contributed by atoms with Gasteiger partial charge in [-0.1, -0.05) is 38.5 Å². The number of hydrogen-bond acceptors (Lipinski definition) is 2. The Balaban J connectivity index is 2.89. The molecule has 2 amide bonds. The number of anilines is 1. The van der Waals surface area contributed by atoms with Crippen molar-refractivity contribution in [3.63, 3.8) is 0 Å². The summed E-state index contributed by atoms with van der Waals surface area (Å²) in [5, 5.41) is 14.6. The van der Waals surface area contributed by atoms with Crippen molar-refractivity contribution in [3.8, 4) is 0 Å². The van der Waals surface area contributed by atoms with Gasteiger partial charge in [0.15, 0.2) is 0 Å². The molecule has 1 rings (SSSR count). The first kappa shape index (κ1) is 17.0. The van der Waals surface area contributed by atoms with Gasteiger partial charge in [0.05, 0.1) is 0 Å². The normalized spacial score (nSPS) is 13.3. The van der Waals surface area contributed by atoms with Gasteiger partial charge in [-0.05, 0) is 37.8 Å². The summed E-state index contributed by atoms with van der Waals surface area (Å²) >= 11 is 0. The second-order valence-corrected chi connectivity index (χ2v) is 5.43. The smallest absolute Gasteiger partial charge is 0.329 e. The molecule has 0 spiro atoms. The molecule has 0 saturated heterocycles. The number of hydrogen-bond donors (Lipinski definition) is 3. The molecule has 0 saturated carbocycles. The van der Waals surface area contributed by atoms with Gasteiger partial charge in [-0.15, -0.1) is 0 Å². The topological polar surface area (TPSA) is 78.4 Å². The summed E-state index contributed by atoms with van der Waals surface area (Å²) in [6.45, 7) is 7.34. The summed E-state index contributed by atoms with van der Waals surface area (Å²) < 4.78 is 0. The fraction of sp³-hybridized carbons (Fsp3) is 0.500.